The zero-order valence-electron chi connectivity index (χ0n) is 15.0. The summed E-state index contributed by atoms with van der Waals surface area (Å²) in [6.07, 6.45) is 3.08. The van der Waals surface area contributed by atoms with Gasteiger partial charge >= 0.3 is 0 Å². The maximum Gasteiger partial charge on any atom is 0.255 e. The monoisotopic (exact) mass is 382 g/mol. The second kappa shape index (κ2) is 7.05. The molecule has 1 saturated heterocycles. The third kappa shape index (κ3) is 3.51. The fraction of sp³-hybridized carbons (Fsp3) is 0.588. The number of ether oxygens (including phenoxy) is 1. The van der Waals surface area contributed by atoms with Crippen molar-refractivity contribution in [3.05, 3.63) is 17.2 Å². The van der Waals surface area contributed by atoms with E-state index in [1.165, 1.54) is 6.07 Å². The van der Waals surface area contributed by atoms with Gasteiger partial charge < -0.3 is 21.1 Å². The molecule has 0 radical (unpaired) electrons. The highest BCUT2D eigenvalue weighted by atomic mass is 32.2. The minimum absolute atomic E-state index is 0.0463. The van der Waals surface area contributed by atoms with Crippen LogP contribution in [0.4, 0.5) is 5.69 Å². The topological polar surface area (TPSA) is 137 Å². The number of amides is 1. The van der Waals surface area contributed by atoms with Crippen LogP contribution in [0.1, 0.15) is 49.0 Å². The second-order valence-corrected chi connectivity index (χ2v) is 8.54. The predicted molar refractivity (Wildman–Crippen MR) is 98.6 cm³/mol. The summed E-state index contributed by atoms with van der Waals surface area (Å²) < 4.78 is 29.6. The number of primary sulfonamides is 1. The molecule has 9 heteroatoms. The van der Waals surface area contributed by atoms with Crippen LogP contribution < -0.4 is 26.2 Å². The van der Waals surface area contributed by atoms with Crippen molar-refractivity contribution < 1.29 is 17.9 Å². The van der Waals surface area contributed by atoms with Crippen LogP contribution in [0.5, 0.6) is 5.75 Å². The molecule has 3 unspecified atom stereocenters. The SMILES string of the molecule is CCC(NC(=O)c1cc(S(N)(=O)=O)c(N)c2c1OC(C)C2)C1CCCN1. The van der Waals surface area contributed by atoms with Gasteiger partial charge in [-0.1, -0.05) is 6.92 Å². The molecule has 6 N–H and O–H groups in total. The molecular weight excluding hydrogens is 356 g/mol. The van der Waals surface area contributed by atoms with Gasteiger partial charge in [0.2, 0.25) is 10.0 Å². The summed E-state index contributed by atoms with van der Waals surface area (Å²) in [6, 6.07) is 1.39. The number of carbonyl (C=O) groups excluding carboxylic acids is 1. The number of anilines is 1. The molecule has 0 saturated carbocycles. The van der Waals surface area contributed by atoms with Gasteiger partial charge in [-0.2, -0.15) is 0 Å². The molecule has 0 aromatic heterocycles. The van der Waals surface area contributed by atoms with Crippen LogP contribution in [0.25, 0.3) is 0 Å². The lowest BCUT2D eigenvalue weighted by molar-refractivity contribution is 0.0922. The average molecular weight is 382 g/mol. The Morgan fingerprint density at radius 2 is 2.23 bits per heavy atom. The Morgan fingerprint density at radius 1 is 1.50 bits per heavy atom. The molecule has 1 fully saturated rings. The van der Waals surface area contributed by atoms with Crippen molar-refractivity contribution in [3.8, 4) is 5.75 Å². The summed E-state index contributed by atoms with van der Waals surface area (Å²) in [5.41, 5.74) is 6.76. The number of sulfonamides is 1. The maximum atomic E-state index is 12.9. The first kappa shape index (κ1) is 18.9. The van der Waals surface area contributed by atoms with Crippen LogP contribution in [0, 0.1) is 0 Å². The van der Waals surface area contributed by atoms with E-state index in [2.05, 4.69) is 10.6 Å². The first-order valence-corrected chi connectivity index (χ1v) is 10.5. The smallest absolute Gasteiger partial charge is 0.255 e. The molecule has 1 aromatic carbocycles. The fourth-order valence-corrected chi connectivity index (χ4v) is 4.48. The van der Waals surface area contributed by atoms with Crippen molar-refractivity contribution in [2.75, 3.05) is 12.3 Å². The third-order valence-corrected chi connectivity index (χ3v) is 6.04. The summed E-state index contributed by atoms with van der Waals surface area (Å²) in [7, 11) is -4.05. The quantitative estimate of drug-likeness (QED) is 0.547. The predicted octanol–water partition coefficient (Wildman–Crippen LogP) is 0.500. The van der Waals surface area contributed by atoms with Crippen molar-refractivity contribution in [1.82, 2.24) is 10.6 Å². The van der Waals surface area contributed by atoms with Gasteiger partial charge in [-0.05, 0) is 38.8 Å². The average Bonchev–Trinajstić information content (AvgIpc) is 3.21. The normalized spacial score (nSPS) is 23.3. The van der Waals surface area contributed by atoms with Crippen LogP contribution >= 0.6 is 0 Å². The van der Waals surface area contributed by atoms with Crippen molar-refractivity contribution in [2.24, 2.45) is 5.14 Å². The number of rotatable bonds is 5. The Kier molecular flexibility index (Phi) is 5.14. The van der Waals surface area contributed by atoms with Gasteiger partial charge in [0.15, 0.2) is 0 Å². The highest BCUT2D eigenvalue weighted by molar-refractivity contribution is 7.89. The zero-order chi connectivity index (χ0) is 19.1. The van der Waals surface area contributed by atoms with Gasteiger partial charge in [-0.25, -0.2) is 13.6 Å². The Bertz CT molecular complexity index is 819. The minimum Gasteiger partial charge on any atom is -0.489 e. The molecule has 0 spiro atoms. The number of benzene rings is 1. The van der Waals surface area contributed by atoms with Crippen molar-refractivity contribution in [3.63, 3.8) is 0 Å². The molecule has 26 heavy (non-hydrogen) atoms. The molecule has 3 atom stereocenters. The third-order valence-electron chi connectivity index (χ3n) is 5.09. The van der Waals surface area contributed by atoms with E-state index in [4.69, 9.17) is 15.6 Å². The second-order valence-electron chi connectivity index (χ2n) is 7.01. The van der Waals surface area contributed by atoms with Gasteiger partial charge in [0.1, 0.15) is 16.7 Å². The van der Waals surface area contributed by atoms with Gasteiger partial charge in [0.25, 0.3) is 5.91 Å². The molecule has 1 amide bonds. The van der Waals surface area contributed by atoms with Crippen molar-refractivity contribution in [2.45, 2.75) is 62.6 Å². The number of nitrogens with two attached hydrogens (primary N) is 2. The lowest BCUT2D eigenvalue weighted by Gasteiger charge is -2.24. The summed E-state index contributed by atoms with van der Waals surface area (Å²) in [4.78, 5) is 12.7. The fourth-order valence-electron chi connectivity index (χ4n) is 3.77. The number of fused-ring (bicyclic) bond motifs is 1. The Balaban J connectivity index is 1.98. The molecule has 2 heterocycles. The summed E-state index contributed by atoms with van der Waals surface area (Å²) >= 11 is 0. The van der Waals surface area contributed by atoms with Gasteiger partial charge in [-0.3, -0.25) is 4.79 Å². The van der Waals surface area contributed by atoms with Crippen LogP contribution in [0.3, 0.4) is 0 Å². The zero-order valence-corrected chi connectivity index (χ0v) is 15.9. The molecule has 144 valence electrons. The van der Waals surface area contributed by atoms with E-state index in [1.807, 2.05) is 13.8 Å². The largest absolute Gasteiger partial charge is 0.489 e. The first-order valence-electron chi connectivity index (χ1n) is 8.91. The van der Waals surface area contributed by atoms with E-state index in [1.54, 1.807) is 0 Å². The summed E-state index contributed by atoms with van der Waals surface area (Å²) in [5, 5.41) is 11.7. The number of hydrogen-bond acceptors (Lipinski definition) is 6. The van der Waals surface area contributed by atoms with Crippen LogP contribution in [-0.2, 0) is 16.4 Å². The summed E-state index contributed by atoms with van der Waals surface area (Å²) in [5.74, 6) is -0.0186. The van der Waals surface area contributed by atoms with E-state index in [9.17, 15) is 13.2 Å². The number of nitrogens with one attached hydrogen (secondary N) is 2. The number of hydrogen-bond donors (Lipinski definition) is 4. The molecule has 0 aliphatic carbocycles. The van der Waals surface area contributed by atoms with Crippen molar-refractivity contribution in [1.29, 1.82) is 0 Å². The number of carbonyl (C=O) groups is 1. The van der Waals surface area contributed by atoms with Crippen LogP contribution in [0.2, 0.25) is 0 Å². The lowest BCUT2D eigenvalue weighted by atomic mass is 10.0. The van der Waals surface area contributed by atoms with Crippen molar-refractivity contribution >= 4 is 21.6 Å². The van der Waals surface area contributed by atoms with E-state index in [0.717, 1.165) is 25.8 Å². The highest BCUT2D eigenvalue weighted by Crippen LogP contribution is 2.40. The molecular formula is C17H26N4O4S. The maximum absolute atomic E-state index is 12.9. The Labute approximate surface area is 153 Å². The minimum atomic E-state index is -4.05. The standard InChI is InChI=1S/C17H26N4O4S/c1-3-12(13-5-4-6-20-13)21-17(22)11-8-14(26(19,23)24)15(18)10-7-9(2)25-16(10)11/h8-9,12-13,20H,3-7,18H2,1-2H3,(H,21,22)(H2,19,23,24). The Morgan fingerprint density at radius 3 is 2.81 bits per heavy atom. The van der Waals surface area contributed by atoms with Gasteiger partial charge in [0, 0.05) is 24.1 Å². The first-order chi connectivity index (χ1) is 12.2. The Hall–Kier alpha value is -1.84. The van der Waals surface area contributed by atoms with Gasteiger partial charge in [-0.15, -0.1) is 0 Å². The molecule has 2 aliphatic rings. The van der Waals surface area contributed by atoms with Crippen LogP contribution in [-0.4, -0.2) is 39.1 Å². The highest BCUT2D eigenvalue weighted by Gasteiger charge is 2.33. The molecule has 0 bridgehead atoms. The van der Waals surface area contributed by atoms with Crippen LogP contribution in [0.15, 0.2) is 11.0 Å². The molecule has 3 rings (SSSR count). The molecule has 8 nitrogen and oxygen atoms in total. The van der Waals surface area contributed by atoms with E-state index >= 15 is 0 Å². The van der Waals surface area contributed by atoms with E-state index in [0.29, 0.717) is 17.7 Å². The molecule has 2 aliphatic heterocycles. The van der Waals surface area contributed by atoms with E-state index < -0.39 is 10.0 Å². The summed E-state index contributed by atoms with van der Waals surface area (Å²) in [6.45, 7) is 4.78. The lowest BCUT2D eigenvalue weighted by Crippen LogP contribution is -2.47. The van der Waals surface area contributed by atoms with E-state index in [-0.39, 0.29) is 40.2 Å². The number of nitrogen functional groups attached to an aromatic ring is 1. The van der Waals surface area contributed by atoms with Gasteiger partial charge in [0.05, 0.1) is 11.3 Å². The molecule has 1 aromatic rings.